The summed E-state index contributed by atoms with van der Waals surface area (Å²) in [5, 5.41) is 0. The van der Waals surface area contributed by atoms with Crippen molar-refractivity contribution in [3.05, 3.63) is 95.1 Å². The zero-order chi connectivity index (χ0) is 23.7. The van der Waals surface area contributed by atoms with E-state index in [-0.39, 0.29) is 12.3 Å². The number of likely N-dealkylation sites (N-methyl/N-ethyl adjacent to an activating group) is 1. The van der Waals surface area contributed by atoms with Crippen molar-refractivity contribution in [3.8, 4) is 11.5 Å². The van der Waals surface area contributed by atoms with Crippen LogP contribution in [0.3, 0.4) is 0 Å². The van der Waals surface area contributed by atoms with Gasteiger partial charge in [0.05, 0.1) is 11.1 Å². The number of carbonyl (C=O) groups excluding carboxylic acids is 3. The summed E-state index contributed by atoms with van der Waals surface area (Å²) < 4.78 is 11.2. The average molecular weight is 456 g/mol. The molecule has 2 aliphatic rings. The molecule has 0 saturated carbocycles. The van der Waals surface area contributed by atoms with Gasteiger partial charge in [0.25, 0.3) is 11.8 Å². The van der Waals surface area contributed by atoms with Gasteiger partial charge in [0, 0.05) is 20.0 Å². The number of benzene rings is 3. The number of carbonyl (C=O) groups is 3. The highest BCUT2D eigenvalue weighted by atomic mass is 16.6. The number of nitrogens with zero attached hydrogens (tertiary/aromatic N) is 2. The molecule has 5 rings (SSSR count). The quantitative estimate of drug-likeness (QED) is 0.532. The molecule has 0 aromatic heterocycles. The summed E-state index contributed by atoms with van der Waals surface area (Å²) in [4.78, 5) is 42.7. The Morgan fingerprint density at radius 2 is 1.47 bits per heavy atom. The van der Waals surface area contributed by atoms with Crippen LogP contribution in [0, 0.1) is 0 Å². The first-order chi connectivity index (χ1) is 16.5. The highest BCUT2D eigenvalue weighted by Gasteiger charge is 2.43. The van der Waals surface area contributed by atoms with E-state index in [9.17, 15) is 14.4 Å². The molecular formula is C27H24N2O5. The van der Waals surface area contributed by atoms with Gasteiger partial charge in [0.1, 0.15) is 19.3 Å². The Bertz CT molecular complexity index is 1220. The molecule has 0 saturated heterocycles. The molecule has 0 N–H and O–H groups in total. The normalized spacial score (nSPS) is 15.1. The number of fused-ring (bicyclic) bond motifs is 2. The van der Waals surface area contributed by atoms with E-state index in [4.69, 9.17) is 9.47 Å². The second kappa shape index (κ2) is 9.02. The Hall–Kier alpha value is -4.13. The third kappa shape index (κ3) is 4.01. The van der Waals surface area contributed by atoms with Gasteiger partial charge >= 0.3 is 0 Å². The van der Waals surface area contributed by atoms with E-state index < -0.39 is 17.9 Å². The van der Waals surface area contributed by atoms with Gasteiger partial charge in [0.15, 0.2) is 11.5 Å². The summed E-state index contributed by atoms with van der Waals surface area (Å²) in [5.74, 6) is 0.126. The minimum absolute atomic E-state index is 0.233. The largest absolute Gasteiger partial charge is 0.486 e. The molecule has 3 aromatic rings. The molecule has 2 aliphatic heterocycles. The molecule has 3 aromatic carbocycles. The minimum atomic E-state index is -0.961. The molecule has 2 heterocycles. The molecule has 3 amide bonds. The van der Waals surface area contributed by atoms with E-state index in [1.54, 1.807) is 36.2 Å². The molecule has 0 aliphatic carbocycles. The van der Waals surface area contributed by atoms with Crippen LogP contribution in [0.5, 0.6) is 11.5 Å². The maximum absolute atomic E-state index is 13.7. The topological polar surface area (TPSA) is 76.2 Å². The molecule has 1 atom stereocenters. The second-order valence-electron chi connectivity index (χ2n) is 8.40. The van der Waals surface area contributed by atoms with Crippen molar-refractivity contribution in [2.24, 2.45) is 0 Å². The van der Waals surface area contributed by atoms with Crippen LogP contribution in [0.2, 0.25) is 0 Å². The van der Waals surface area contributed by atoms with E-state index in [1.165, 1.54) is 0 Å². The molecule has 172 valence electrons. The first-order valence-electron chi connectivity index (χ1n) is 11.2. The summed E-state index contributed by atoms with van der Waals surface area (Å²) in [6.07, 6.45) is 0.233. The summed E-state index contributed by atoms with van der Waals surface area (Å²) >= 11 is 0. The SMILES string of the molecule is CN(Cc1ccc2c(c1)OCCO2)C(=O)[C@H](Cc1ccccc1)N1C(=O)c2ccccc2C1=O. The van der Waals surface area contributed by atoms with Crippen LogP contribution >= 0.6 is 0 Å². The van der Waals surface area contributed by atoms with E-state index in [2.05, 4.69) is 0 Å². The summed E-state index contributed by atoms with van der Waals surface area (Å²) in [7, 11) is 1.68. The number of hydrogen-bond acceptors (Lipinski definition) is 5. The van der Waals surface area contributed by atoms with Crippen LogP contribution in [0.15, 0.2) is 72.8 Å². The van der Waals surface area contributed by atoms with E-state index >= 15 is 0 Å². The maximum atomic E-state index is 13.7. The van der Waals surface area contributed by atoms with Gasteiger partial charge in [-0.25, -0.2) is 0 Å². The Kier molecular flexibility index (Phi) is 5.76. The Morgan fingerprint density at radius 1 is 0.853 bits per heavy atom. The van der Waals surface area contributed by atoms with Gasteiger partial charge in [-0.05, 0) is 35.4 Å². The number of imide groups is 1. The Morgan fingerprint density at radius 3 is 2.15 bits per heavy atom. The molecule has 0 unspecified atom stereocenters. The zero-order valence-corrected chi connectivity index (χ0v) is 18.8. The van der Waals surface area contributed by atoms with E-state index in [0.717, 1.165) is 16.0 Å². The lowest BCUT2D eigenvalue weighted by molar-refractivity contribution is -0.134. The van der Waals surface area contributed by atoms with Crippen molar-refractivity contribution in [1.29, 1.82) is 0 Å². The maximum Gasteiger partial charge on any atom is 0.262 e. The first-order valence-corrected chi connectivity index (χ1v) is 11.2. The smallest absolute Gasteiger partial charge is 0.262 e. The van der Waals surface area contributed by atoms with Crippen molar-refractivity contribution >= 4 is 17.7 Å². The van der Waals surface area contributed by atoms with E-state index in [0.29, 0.717) is 42.4 Å². The van der Waals surface area contributed by atoms with Crippen molar-refractivity contribution in [3.63, 3.8) is 0 Å². The Balaban J connectivity index is 1.42. The third-order valence-electron chi connectivity index (χ3n) is 6.10. The fourth-order valence-corrected chi connectivity index (χ4v) is 4.41. The predicted octanol–water partition coefficient (Wildman–Crippen LogP) is 3.32. The third-order valence-corrected chi connectivity index (χ3v) is 6.10. The lowest BCUT2D eigenvalue weighted by atomic mass is 10.0. The summed E-state index contributed by atoms with van der Waals surface area (Å²) in [6.45, 7) is 1.28. The van der Waals surface area contributed by atoms with Crippen LogP contribution in [0.25, 0.3) is 0 Å². The fraction of sp³-hybridized carbons (Fsp3) is 0.222. The van der Waals surface area contributed by atoms with Crippen LogP contribution in [-0.2, 0) is 17.8 Å². The van der Waals surface area contributed by atoms with Crippen molar-refractivity contribution < 1.29 is 23.9 Å². The zero-order valence-electron chi connectivity index (χ0n) is 18.8. The standard InChI is InChI=1S/C27H24N2O5/c1-28(17-19-11-12-23-24(16-19)34-14-13-33-23)27(32)22(15-18-7-3-2-4-8-18)29-25(30)20-9-5-6-10-21(20)26(29)31/h2-12,16,22H,13-15,17H2,1H3/t22-/m0/s1. The minimum Gasteiger partial charge on any atom is -0.486 e. The molecule has 7 heteroatoms. The first kappa shape index (κ1) is 21.7. The lowest BCUT2D eigenvalue weighted by Gasteiger charge is -2.30. The lowest BCUT2D eigenvalue weighted by Crippen LogP contribution is -2.51. The Labute approximate surface area is 197 Å². The molecule has 0 bridgehead atoms. The molecule has 7 nitrogen and oxygen atoms in total. The van der Waals surface area contributed by atoms with Gasteiger partial charge in [0.2, 0.25) is 5.91 Å². The van der Waals surface area contributed by atoms with Crippen molar-refractivity contribution in [2.45, 2.75) is 19.0 Å². The fourth-order valence-electron chi connectivity index (χ4n) is 4.41. The van der Waals surface area contributed by atoms with Gasteiger partial charge in [-0.1, -0.05) is 48.5 Å². The van der Waals surface area contributed by atoms with Crippen LogP contribution in [0.4, 0.5) is 0 Å². The number of amides is 3. The number of ether oxygens (including phenoxy) is 2. The van der Waals surface area contributed by atoms with Gasteiger partial charge < -0.3 is 14.4 Å². The second-order valence-corrected chi connectivity index (χ2v) is 8.40. The van der Waals surface area contributed by atoms with Crippen molar-refractivity contribution in [2.75, 3.05) is 20.3 Å². The summed E-state index contributed by atoms with van der Waals surface area (Å²) in [6, 6.07) is 20.7. The predicted molar refractivity (Wildman–Crippen MR) is 125 cm³/mol. The van der Waals surface area contributed by atoms with Gasteiger partial charge in [-0.15, -0.1) is 0 Å². The van der Waals surface area contributed by atoms with E-state index in [1.807, 2.05) is 48.5 Å². The molecular weight excluding hydrogens is 432 g/mol. The van der Waals surface area contributed by atoms with Gasteiger partial charge in [-0.3, -0.25) is 19.3 Å². The number of rotatable bonds is 6. The molecule has 34 heavy (non-hydrogen) atoms. The molecule has 0 spiro atoms. The highest BCUT2D eigenvalue weighted by molar-refractivity contribution is 6.22. The van der Waals surface area contributed by atoms with Crippen LogP contribution in [0.1, 0.15) is 31.8 Å². The van der Waals surface area contributed by atoms with Crippen molar-refractivity contribution in [1.82, 2.24) is 9.80 Å². The average Bonchev–Trinajstić information content (AvgIpc) is 3.12. The number of hydrogen-bond donors (Lipinski definition) is 0. The molecule has 0 radical (unpaired) electrons. The summed E-state index contributed by atoms with van der Waals surface area (Å²) in [5.41, 5.74) is 2.38. The van der Waals surface area contributed by atoms with Crippen LogP contribution < -0.4 is 9.47 Å². The van der Waals surface area contributed by atoms with Crippen LogP contribution in [-0.4, -0.2) is 53.8 Å². The highest BCUT2D eigenvalue weighted by Crippen LogP contribution is 2.31. The monoisotopic (exact) mass is 456 g/mol. The molecule has 0 fully saturated rings. The van der Waals surface area contributed by atoms with Gasteiger partial charge in [-0.2, -0.15) is 0 Å².